The normalized spacial score (nSPS) is 8.12. The molecule has 0 fully saturated rings. The second-order valence-electron chi connectivity index (χ2n) is 0.961. The van der Waals surface area contributed by atoms with Gasteiger partial charge in [0.1, 0.15) is 6.61 Å². The minimum atomic E-state index is -0.675. The van der Waals surface area contributed by atoms with E-state index in [9.17, 15) is 4.79 Å². The Labute approximate surface area is 52.3 Å². The quantitative estimate of drug-likeness (QED) is 0.420. The van der Waals surface area contributed by atoms with Gasteiger partial charge in [-0.05, 0) is 6.72 Å². The van der Waals surface area contributed by atoms with Crippen LogP contribution in [0.5, 0.6) is 0 Å². The first-order valence-electron chi connectivity index (χ1n) is 2.00. The number of ether oxygens (including phenoxy) is 1. The third-order valence-electron chi connectivity index (χ3n) is 0.432. The number of alkyl halides is 1. The van der Waals surface area contributed by atoms with Crippen molar-refractivity contribution in [3.05, 3.63) is 0 Å². The van der Waals surface area contributed by atoms with Gasteiger partial charge in [0.25, 0.3) is 0 Å². The Kier molecular flexibility index (Phi) is 4.26. The third-order valence-corrected chi connectivity index (χ3v) is 0.586. The first kappa shape index (κ1) is 7.43. The number of aliphatic imine (C=N–C) groups is 1. The summed E-state index contributed by atoms with van der Waals surface area (Å²) in [5, 5.41) is 0. The van der Waals surface area contributed by atoms with Gasteiger partial charge < -0.3 is 4.74 Å². The molecule has 3 nitrogen and oxygen atoms in total. The topological polar surface area (TPSA) is 38.7 Å². The van der Waals surface area contributed by atoms with E-state index in [1.807, 2.05) is 0 Å². The molecule has 46 valence electrons. The zero-order valence-electron chi connectivity index (χ0n) is 4.26. The first-order chi connectivity index (χ1) is 3.81. The lowest BCUT2D eigenvalue weighted by molar-refractivity contribution is 0.164. The molecule has 0 aliphatic carbocycles. The van der Waals surface area contributed by atoms with Gasteiger partial charge in [-0.25, -0.2) is 4.79 Å². The van der Waals surface area contributed by atoms with E-state index < -0.39 is 6.09 Å². The molecule has 1 amide bonds. The smallest absolute Gasteiger partial charge is 0.432 e. The van der Waals surface area contributed by atoms with E-state index in [-0.39, 0.29) is 6.61 Å². The largest absolute Gasteiger partial charge is 0.447 e. The average molecular weight is 136 g/mol. The third kappa shape index (κ3) is 3.61. The molecule has 0 aromatic rings. The molecule has 0 aromatic carbocycles. The molecule has 4 heteroatoms. The number of nitrogens with zero attached hydrogens (tertiary/aromatic N) is 1. The summed E-state index contributed by atoms with van der Waals surface area (Å²) in [6.07, 6.45) is -0.675. The van der Waals surface area contributed by atoms with Crippen LogP contribution in [0.3, 0.4) is 0 Å². The van der Waals surface area contributed by atoms with E-state index in [1.54, 1.807) is 0 Å². The number of halogens is 1. The lowest BCUT2D eigenvalue weighted by Crippen LogP contribution is -2.00. The van der Waals surface area contributed by atoms with Crippen LogP contribution in [-0.4, -0.2) is 25.3 Å². The lowest BCUT2D eigenvalue weighted by Gasteiger charge is -1.92. The Morgan fingerprint density at radius 1 is 1.88 bits per heavy atom. The van der Waals surface area contributed by atoms with Crippen LogP contribution >= 0.6 is 11.6 Å². The summed E-state index contributed by atoms with van der Waals surface area (Å²) in [5.74, 6) is 0.293. The molecule has 0 N–H and O–H groups in total. The number of hydrogen-bond donors (Lipinski definition) is 0. The predicted octanol–water partition coefficient (Wildman–Crippen LogP) is 1.06. The van der Waals surface area contributed by atoms with Crippen molar-refractivity contribution in [3.63, 3.8) is 0 Å². The van der Waals surface area contributed by atoms with Crippen molar-refractivity contribution in [1.82, 2.24) is 0 Å². The van der Waals surface area contributed by atoms with Crippen LogP contribution in [0, 0.1) is 0 Å². The summed E-state index contributed by atoms with van der Waals surface area (Å²) in [6, 6.07) is 0. The molecule has 0 rings (SSSR count). The highest BCUT2D eigenvalue weighted by Crippen LogP contribution is 1.82. The Morgan fingerprint density at radius 2 is 2.50 bits per heavy atom. The molecule has 0 saturated carbocycles. The molecule has 8 heavy (non-hydrogen) atoms. The van der Waals surface area contributed by atoms with Gasteiger partial charge in [-0.15, -0.1) is 11.6 Å². The molecule has 0 heterocycles. The van der Waals surface area contributed by atoms with Crippen molar-refractivity contribution in [3.8, 4) is 0 Å². The minimum absolute atomic E-state index is 0.194. The van der Waals surface area contributed by atoms with Crippen molar-refractivity contribution >= 4 is 24.4 Å². The summed E-state index contributed by atoms with van der Waals surface area (Å²) < 4.78 is 4.34. The second kappa shape index (κ2) is 4.59. The highest BCUT2D eigenvalue weighted by Gasteiger charge is 1.92. The Bertz CT molecular complexity index is 94.0. The van der Waals surface area contributed by atoms with Gasteiger partial charge in [-0.3, -0.25) is 0 Å². The summed E-state index contributed by atoms with van der Waals surface area (Å²) in [6.45, 7) is 3.14. The van der Waals surface area contributed by atoms with Gasteiger partial charge in [-0.1, -0.05) is 0 Å². The SMILES string of the molecule is C=NC(=O)OCCCl. The van der Waals surface area contributed by atoms with Gasteiger partial charge in [-0.2, -0.15) is 4.99 Å². The van der Waals surface area contributed by atoms with Crippen LogP contribution in [-0.2, 0) is 4.74 Å². The van der Waals surface area contributed by atoms with Crippen LogP contribution in [0.4, 0.5) is 4.79 Å². The predicted molar refractivity (Wildman–Crippen MR) is 31.6 cm³/mol. The number of carbonyl (C=O) groups excluding carboxylic acids is 1. The Morgan fingerprint density at radius 3 is 2.88 bits per heavy atom. The van der Waals surface area contributed by atoms with E-state index in [2.05, 4.69) is 16.4 Å². The monoisotopic (exact) mass is 135 g/mol. The number of amides is 1. The fourth-order valence-electron chi connectivity index (χ4n) is 0.172. The zero-order chi connectivity index (χ0) is 6.41. The highest BCUT2D eigenvalue weighted by atomic mass is 35.5. The fraction of sp³-hybridized carbons (Fsp3) is 0.500. The van der Waals surface area contributed by atoms with Gasteiger partial charge in [0.05, 0.1) is 5.88 Å². The second-order valence-corrected chi connectivity index (χ2v) is 1.34. The van der Waals surface area contributed by atoms with E-state index >= 15 is 0 Å². The summed E-state index contributed by atoms with van der Waals surface area (Å²) in [4.78, 5) is 13.0. The minimum Gasteiger partial charge on any atom is -0.447 e. The fourth-order valence-corrected chi connectivity index (χ4v) is 0.249. The van der Waals surface area contributed by atoms with E-state index in [1.165, 1.54) is 0 Å². The van der Waals surface area contributed by atoms with Crippen molar-refractivity contribution in [2.45, 2.75) is 0 Å². The Balaban J connectivity index is 3.11. The molecule has 0 aliphatic rings. The number of hydrogen-bond acceptors (Lipinski definition) is 2. The van der Waals surface area contributed by atoms with E-state index in [4.69, 9.17) is 11.6 Å². The van der Waals surface area contributed by atoms with E-state index in [0.29, 0.717) is 5.88 Å². The molecule has 0 saturated heterocycles. The molecule has 0 bridgehead atoms. The van der Waals surface area contributed by atoms with Crippen LogP contribution < -0.4 is 0 Å². The van der Waals surface area contributed by atoms with Crippen LogP contribution in [0.2, 0.25) is 0 Å². The molecule has 0 spiro atoms. The highest BCUT2D eigenvalue weighted by molar-refractivity contribution is 6.18. The average Bonchev–Trinajstić information content (AvgIpc) is 1.83. The Hall–Kier alpha value is -0.570. The molecule has 0 aromatic heterocycles. The first-order valence-corrected chi connectivity index (χ1v) is 2.54. The van der Waals surface area contributed by atoms with Crippen molar-refractivity contribution in [2.24, 2.45) is 4.99 Å². The number of carbonyl (C=O) groups is 1. The van der Waals surface area contributed by atoms with Gasteiger partial charge in [0.2, 0.25) is 0 Å². The maximum absolute atomic E-state index is 10.1. The maximum atomic E-state index is 10.1. The molecule has 0 atom stereocenters. The molecule has 0 radical (unpaired) electrons. The lowest BCUT2D eigenvalue weighted by atomic mass is 10.8. The summed E-state index contributed by atoms with van der Waals surface area (Å²) >= 11 is 5.16. The van der Waals surface area contributed by atoms with Crippen molar-refractivity contribution in [1.29, 1.82) is 0 Å². The van der Waals surface area contributed by atoms with Crippen LogP contribution in [0.1, 0.15) is 0 Å². The summed E-state index contributed by atoms with van der Waals surface area (Å²) in [5.41, 5.74) is 0. The van der Waals surface area contributed by atoms with Crippen molar-refractivity contribution < 1.29 is 9.53 Å². The molecular weight excluding hydrogens is 130 g/mol. The standard InChI is InChI=1S/C4H6ClNO2/c1-6-4(7)8-3-2-5/h1-3H2. The molecule has 0 unspecified atom stereocenters. The molecule has 0 aliphatic heterocycles. The van der Waals surface area contributed by atoms with Gasteiger partial charge in [0, 0.05) is 0 Å². The van der Waals surface area contributed by atoms with Crippen LogP contribution in [0.25, 0.3) is 0 Å². The van der Waals surface area contributed by atoms with Crippen molar-refractivity contribution in [2.75, 3.05) is 12.5 Å². The maximum Gasteiger partial charge on any atom is 0.432 e. The molecular formula is C4H6ClNO2. The van der Waals surface area contributed by atoms with Crippen LogP contribution in [0.15, 0.2) is 4.99 Å². The van der Waals surface area contributed by atoms with E-state index in [0.717, 1.165) is 0 Å². The van der Waals surface area contributed by atoms with Gasteiger partial charge >= 0.3 is 6.09 Å². The zero-order valence-corrected chi connectivity index (χ0v) is 5.02. The van der Waals surface area contributed by atoms with Gasteiger partial charge in [0.15, 0.2) is 0 Å². The summed E-state index contributed by atoms with van der Waals surface area (Å²) in [7, 11) is 0. The number of rotatable bonds is 2.